The molecule has 2 N–H and O–H groups in total. The first-order valence-electron chi connectivity index (χ1n) is 6.22. The summed E-state index contributed by atoms with van der Waals surface area (Å²) < 4.78 is 0. The van der Waals surface area contributed by atoms with E-state index in [-0.39, 0.29) is 0 Å². The largest absolute Gasteiger partial charge is 0.390 e. The smallest absolute Gasteiger partial charge is 0.127 e. The molecule has 1 unspecified atom stereocenters. The van der Waals surface area contributed by atoms with Crippen molar-refractivity contribution in [1.29, 1.82) is 0 Å². The van der Waals surface area contributed by atoms with Gasteiger partial charge in [-0.25, -0.2) is 4.98 Å². The normalized spacial score (nSPS) is 25.5. The number of hydrogen-bond donors (Lipinski definition) is 2. The number of aliphatic hydroxyl groups is 1. The predicted molar refractivity (Wildman–Crippen MR) is 70.5 cm³/mol. The van der Waals surface area contributed by atoms with Gasteiger partial charge < -0.3 is 15.3 Å². The highest BCUT2D eigenvalue weighted by molar-refractivity contribution is 5.53. The summed E-state index contributed by atoms with van der Waals surface area (Å²) in [6.45, 7) is 3.84. The third kappa shape index (κ3) is 3.09. The maximum atomic E-state index is 10.1. The van der Waals surface area contributed by atoms with Crippen LogP contribution in [0, 0.1) is 0 Å². The molecule has 2 rings (SSSR count). The number of anilines is 2. The van der Waals surface area contributed by atoms with Crippen molar-refractivity contribution in [2.24, 2.45) is 0 Å². The fraction of sp³-hybridized carbons (Fsp3) is 0.615. The summed E-state index contributed by atoms with van der Waals surface area (Å²) in [6.07, 6.45) is 4.56. The molecule has 1 aliphatic rings. The zero-order valence-corrected chi connectivity index (χ0v) is 10.6. The molecule has 0 saturated carbocycles. The minimum absolute atomic E-state index is 0.506. The van der Waals surface area contributed by atoms with Gasteiger partial charge in [-0.1, -0.05) is 0 Å². The third-order valence-electron chi connectivity index (χ3n) is 3.43. The number of hydrogen-bond acceptors (Lipinski definition) is 4. The Labute approximate surface area is 103 Å². The van der Waals surface area contributed by atoms with Gasteiger partial charge in [-0.15, -0.1) is 0 Å². The van der Waals surface area contributed by atoms with Crippen LogP contribution in [0.2, 0.25) is 0 Å². The Kier molecular flexibility index (Phi) is 3.52. The summed E-state index contributed by atoms with van der Waals surface area (Å²) in [5.41, 5.74) is 0.676. The second kappa shape index (κ2) is 4.92. The van der Waals surface area contributed by atoms with Gasteiger partial charge in [0.1, 0.15) is 5.82 Å². The van der Waals surface area contributed by atoms with Gasteiger partial charge in [0.2, 0.25) is 0 Å². The molecule has 0 aliphatic carbocycles. The van der Waals surface area contributed by atoms with Crippen molar-refractivity contribution >= 4 is 11.5 Å². The van der Waals surface area contributed by atoms with Crippen LogP contribution in [-0.2, 0) is 0 Å². The molecule has 1 atom stereocenters. The molecule has 2 heterocycles. The standard InChI is InChI=1S/C13H21N3O/c1-13(17)5-3-8-16(9-6-13)11-4-7-15-12(10-11)14-2/h4,7,10,17H,3,5-6,8-9H2,1-2H3,(H,14,15). The van der Waals surface area contributed by atoms with Crippen LogP contribution in [0.3, 0.4) is 0 Å². The lowest BCUT2D eigenvalue weighted by Gasteiger charge is -2.24. The first kappa shape index (κ1) is 12.2. The van der Waals surface area contributed by atoms with Crippen molar-refractivity contribution in [2.45, 2.75) is 31.8 Å². The lowest BCUT2D eigenvalue weighted by molar-refractivity contribution is 0.0481. The molecule has 1 fully saturated rings. The Morgan fingerprint density at radius 2 is 2.24 bits per heavy atom. The van der Waals surface area contributed by atoms with Crippen molar-refractivity contribution in [1.82, 2.24) is 4.98 Å². The zero-order chi connectivity index (χ0) is 12.3. The molecule has 1 aromatic heterocycles. The minimum Gasteiger partial charge on any atom is -0.390 e. The summed E-state index contributed by atoms with van der Waals surface area (Å²) in [5, 5.41) is 13.1. The van der Waals surface area contributed by atoms with E-state index in [0.29, 0.717) is 0 Å². The lowest BCUT2D eigenvalue weighted by Crippen LogP contribution is -2.28. The first-order valence-corrected chi connectivity index (χ1v) is 6.22. The van der Waals surface area contributed by atoms with Crippen LogP contribution in [-0.4, -0.2) is 35.8 Å². The van der Waals surface area contributed by atoms with Crippen molar-refractivity contribution < 1.29 is 5.11 Å². The van der Waals surface area contributed by atoms with Crippen molar-refractivity contribution in [3.8, 4) is 0 Å². The number of aromatic nitrogens is 1. The maximum absolute atomic E-state index is 10.1. The van der Waals surface area contributed by atoms with Crippen molar-refractivity contribution in [3.63, 3.8) is 0 Å². The molecule has 0 bridgehead atoms. The quantitative estimate of drug-likeness (QED) is 0.821. The Balaban J connectivity index is 2.11. The molecule has 0 amide bonds. The topological polar surface area (TPSA) is 48.4 Å². The van der Waals surface area contributed by atoms with E-state index in [1.807, 2.05) is 26.2 Å². The molecule has 4 nitrogen and oxygen atoms in total. The zero-order valence-electron chi connectivity index (χ0n) is 10.6. The SMILES string of the molecule is CNc1cc(N2CCCC(C)(O)CC2)ccn1. The Hall–Kier alpha value is -1.29. The molecule has 4 heteroatoms. The van der Waals surface area contributed by atoms with E-state index in [1.54, 1.807) is 0 Å². The lowest BCUT2D eigenvalue weighted by atomic mass is 9.98. The van der Waals surface area contributed by atoms with Crippen LogP contribution >= 0.6 is 0 Å². The number of rotatable bonds is 2. The van der Waals surface area contributed by atoms with Gasteiger partial charge in [0.05, 0.1) is 5.60 Å². The minimum atomic E-state index is -0.506. The number of nitrogens with one attached hydrogen (secondary N) is 1. The molecule has 17 heavy (non-hydrogen) atoms. The number of nitrogens with zero attached hydrogens (tertiary/aromatic N) is 2. The van der Waals surface area contributed by atoms with E-state index in [4.69, 9.17) is 0 Å². The molecule has 1 aliphatic heterocycles. The van der Waals surface area contributed by atoms with Crippen LogP contribution in [0.5, 0.6) is 0 Å². The van der Waals surface area contributed by atoms with E-state index < -0.39 is 5.60 Å². The summed E-state index contributed by atoms with van der Waals surface area (Å²) in [5.74, 6) is 0.888. The summed E-state index contributed by atoms with van der Waals surface area (Å²) >= 11 is 0. The van der Waals surface area contributed by atoms with Gasteiger partial charge in [0.15, 0.2) is 0 Å². The summed E-state index contributed by atoms with van der Waals surface area (Å²) in [7, 11) is 1.87. The molecular weight excluding hydrogens is 214 g/mol. The van der Waals surface area contributed by atoms with E-state index in [2.05, 4.69) is 21.3 Å². The highest BCUT2D eigenvalue weighted by Gasteiger charge is 2.25. The highest BCUT2D eigenvalue weighted by Crippen LogP contribution is 2.25. The van der Waals surface area contributed by atoms with Crippen LogP contribution in [0.15, 0.2) is 18.3 Å². The van der Waals surface area contributed by atoms with Crippen LogP contribution in [0.1, 0.15) is 26.2 Å². The van der Waals surface area contributed by atoms with E-state index in [9.17, 15) is 5.11 Å². The van der Waals surface area contributed by atoms with Crippen molar-refractivity contribution in [2.75, 3.05) is 30.4 Å². The highest BCUT2D eigenvalue weighted by atomic mass is 16.3. The fourth-order valence-corrected chi connectivity index (χ4v) is 2.27. The molecule has 94 valence electrons. The molecule has 0 radical (unpaired) electrons. The third-order valence-corrected chi connectivity index (χ3v) is 3.43. The Morgan fingerprint density at radius 1 is 1.41 bits per heavy atom. The van der Waals surface area contributed by atoms with Crippen LogP contribution in [0.25, 0.3) is 0 Å². The second-order valence-corrected chi connectivity index (χ2v) is 4.99. The monoisotopic (exact) mass is 235 g/mol. The van der Waals surface area contributed by atoms with Gasteiger partial charge in [-0.3, -0.25) is 0 Å². The number of pyridine rings is 1. The van der Waals surface area contributed by atoms with Crippen LogP contribution in [0.4, 0.5) is 11.5 Å². The van der Waals surface area contributed by atoms with E-state index in [0.717, 1.165) is 38.2 Å². The molecule has 0 spiro atoms. The second-order valence-electron chi connectivity index (χ2n) is 4.99. The van der Waals surface area contributed by atoms with E-state index in [1.165, 1.54) is 5.69 Å². The predicted octanol–water partition coefficient (Wildman–Crippen LogP) is 1.86. The molecule has 1 aromatic rings. The maximum Gasteiger partial charge on any atom is 0.127 e. The Bertz CT molecular complexity index is 379. The van der Waals surface area contributed by atoms with Gasteiger partial charge in [0.25, 0.3) is 0 Å². The van der Waals surface area contributed by atoms with Gasteiger partial charge in [-0.05, 0) is 32.3 Å². The van der Waals surface area contributed by atoms with Gasteiger partial charge in [0, 0.05) is 38.1 Å². The molecule has 1 saturated heterocycles. The summed E-state index contributed by atoms with van der Waals surface area (Å²) in [4.78, 5) is 6.54. The van der Waals surface area contributed by atoms with Crippen molar-refractivity contribution in [3.05, 3.63) is 18.3 Å². The van der Waals surface area contributed by atoms with Gasteiger partial charge >= 0.3 is 0 Å². The Morgan fingerprint density at radius 3 is 3.00 bits per heavy atom. The van der Waals surface area contributed by atoms with E-state index >= 15 is 0 Å². The fourth-order valence-electron chi connectivity index (χ4n) is 2.27. The van der Waals surface area contributed by atoms with Crippen LogP contribution < -0.4 is 10.2 Å². The first-order chi connectivity index (χ1) is 8.11. The average Bonchev–Trinajstić information content (AvgIpc) is 2.50. The molecular formula is C13H21N3O. The molecule has 0 aromatic carbocycles. The average molecular weight is 235 g/mol. The summed E-state index contributed by atoms with van der Waals surface area (Å²) in [6, 6.07) is 4.08. The van der Waals surface area contributed by atoms with Gasteiger partial charge in [-0.2, -0.15) is 0 Å².